The zero-order chi connectivity index (χ0) is 62.7. The number of methoxy groups -OCH3 is 9. The van der Waals surface area contributed by atoms with Gasteiger partial charge < -0.3 is 92.3 Å². The van der Waals surface area contributed by atoms with Crippen molar-refractivity contribution >= 4 is 67.4 Å². The summed E-state index contributed by atoms with van der Waals surface area (Å²) in [5.74, 6) is 11.3. The van der Waals surface area contributed by atoms with Gasteiger partial charge in [-0.3, -0.25) is 34.3 Å². The van der Waals surface area contributed by atoms with Gasteiger partial charge in [0.25, 0.3) is 0 Å². The van der Waals surface area contributed by atoms with Crippen LogP contribution in [0.2, 0.25) is 0 Å². The number of nitrogens with one attached hydrogen (secondary N) is 3. The van der Waals surface area contributed by atoms with E-state index in [0.717, 1.165) is 0 Å². The van der Waals surface area contributed by atoms with Crippen LogP contribution < -0.4 is 30.7 Å². The van der Waals surface area contributed by atoms with Crippen LogP contribution in [0.4, 0.5) is 50.1 Å². The number of likely N-dealkylation sites (N-methyl/N-ethyl adjacent to an activating group) is 2. The van der Waals surface area contributed by atoms with Crippen LogP contribution in [-0.2, 0) is 61.7 Å². The molecule has 0 aromatic carbocycles. The third-order valence-corrected chi connectivity index (χ3v) is 9.99. The van der Waals surface area contributed by atoms with E-state index in [0.29, 0.717) is 110 Å². The molecule has 3 N–H and O–H groups in total. The lowest BCUT2D eigenvalue weighted by Crippen LogP contribution is -2.57. The smallest absolute Gasteiger partial charge is 0.329 e. The molecule has 35 nitrogen and oxygen atoms in total. The van der Waals surface area contributed by atoms with Gasteiger partial charge in [0.15, 0.2) is 25.8 Å². The van der Waals surface area contributed by atoms with Crippen molar-refractivity contribution in [2.24, 2.45) is 0 Å². The maximum atomic E-state index is 12.6. The van der Waals surface area contributed by atoms with E-state index in [2.05, 4.69) is 81.7 Å². The van der Waals surface area contributed by atoms with Crippen molar-refractivity contribution in [1.82, 2.24) is 64.2 Å². The Kier molecular flexibility index (Phi) is 39.5. The summed E-state index contributed by atoms with van der Waals surface area (Å²) in [6.45, 7) is 7.58. The first kappa shape index (κ1) is 74.4. The summed E-state index contributed by atoms with van der Waals surface area (Å²) in [4.78, 5) is 94.3. The summed E-state index contributed by atoms with van der Waals surface area (Å²) in [6.07, 6.45) is 13.5. The molecular formula is C48H79N19O16. The first-order valence-electron chi connectivity index (χ1n) is 23.9. The lowest BCUT2D eigenvalue weighted by molar-refractivity contribution is -0.0987. The number of ether oxygens (including phenoxy) is 11. The fourth-order valence-electron chi connectivity index (χ4n) is 6.83. The third kappa shape index (κ3) is 25.4. The minimum atomic E-state index is -0.549. The van der Waals surface area contributed by atoms with Crippen molar-refractivity contribution in [3.63, 3.8) is 0 Å². The van der Waals surface area contributed by atoms with Crippen LogP contribution in [0.1, 0.15) is 0 Å². The molecule has 2 unspecified atom stereocenters. The maximum absolute atomic E-state index is 12.6. The monoisotopic (exact) mass is 1180 g/mol. The molecule has 83 heavy (non-hydrogen) atoms. The average molecular weight is 1180 g/mol. The van der Waals surface area contributed by atoms with Crippen molar-refractivity contribution < 1.29 is 76.1 Å². The Labute approximate surface area is 484 Å². The summed E-state index contributed by atoms with van der Waals surface area (Å²) < 4.78 is 55.4. The van der Waals surface area contributed by atoms with Gasteiger partial charge in [-0.25, -0.2) is 14.4 Å². The van der Waals surface area contributed by atoms with Gasteiger partial charge in [-0.05, 0) is 18.9 Å². The van der Waals surface area contributed by atoms with Crippen LogP contribution in [0.15, 0.2) is 0 Å². The van der Waals surface area contributed by atoms with Crippen molar-refractivity contribution in [3.8, 4) is 48.7 Å². The number of urea groups is 3. The van der Waals surface area contributed by atoms with Crippen molar-refractivity contribution in [2.75, 3.05) is 217 Å². The summed E-state index contributed by atoms with van der Waals surface area (Å²) in [5, 5.41) is 8.65. The predicted octanol–water partition coefficient (Wildman–Crippen LogP) is -1.20. The normalized spacial score (nSPS) is 14.6. The highest BCUT2D eigenvalue weighted by Crippen LogP contribution is 2.33. The number of amides is 6. The average Bonchev–Trinajstić information content (AvgIpc) is 2.26. The molecule has 35 heteroatoms. The molecule has 0 radical (unpaired) electrons. The molecule has 2 atom stereocenters. The second kappa shape index (κ2) is 44.1. The lowest BCUT2D eigenvalue weighted by atomic mass is 10.3. The number of hydrogen-bond donors (Lipinski definition) is 3. The number of terminal acetylenes is 2. The van der Waals surface area contributed by atoms with Gasteiger partial charge >= 0.3 is 18.1 Å². The first-order chi connectivity index (χ1) is 40.1. The molecule has 3 aliphatic heterocycles. The van der Waals surface area contributed by atoms with E-state index in [4.69, 9.17) is 74.5 Å². The second-order valence-corrected chi connectivity index (χ2v) is 16.2. The Bertz CT molecular complexity index is 2210. The predicted molar refractivity (Wildman–Crippen MR) is 300 cm³/mol. The van der Waals surface area contributed by atoms with E-state index in [1.54, 1.807) is 103 Å². The van der Waals surface area contributed by atoms with Gasteiger partial charge in [-0.1, -0.05) is 0 Å². The van der Waals surface area contributed by atoms with Crippen LogP contribution in [0.25, 0.3) is 0 Å². The van der Waals surface area contributed by atoms with Crippen LogP contribution in [0.5, 0.6) is 0 Å². The minimum absolute atomic E-state index is 0.0493. The molecule has 462 valence electrons. The number of fused-ring (bicyclic) bond motifs is 1. The van der Waals surface area contributed by atoms with Gasteiger partial charge in [0, 0.05) is 104 Å². The Balaban J connectivity index is 0.00000108. The van der Waals surface area contributed by atoms with Crippen LogP contribution >= 0.6 is 0 Å². The molecule has 0 aliphatic carbocycles. The topological polar surface area (TPSA) is 333 Å². The molecule has 0 bridgehead atoms. The highest BCUT2D eigenvalue weighted by atomic mass is 16.5. The fourth-order valence-corrected chi connectivity index (χ4v) is 6.83. The summed E-state index contributed by atoms with van der Waals surface area (Å²) in [6, 6.07) is -0.676. The number of anilines is 6. The fraction of sp³-hybridized carbons (Fsp3) is 0.604. The minimum Gasteiger partial charge on any atom is -0.424 e. The quantitative estimate of drug-likeness (QED) is 0.0666. The molecule has 6 amide bonds. The zero-order valence-corrected chi connectivity index (χ0v) is 49.6. The van der Waals surface area contributed by atoms with Crippen molar-refractivity contribution in [2.45, 2.75) is 12.3 Å². The van der Waals surface area contributed by atoms with E-state index in [9.17, 15) is 14.4 Å². The molecule has 3 saturated heterocycles. The second-order valence-electron chi connectivity index (χ2n) is 16.2. The van der Waals surface area contributed by atoms with Gasteiger partial charge in [0.05, 0.1) is 13.3 Å². The Morgan fingerprint density at radius 2 is 0.831 bits per heavy atom. The molecule has 0 saturated carbocycles. The SMILES string of the molecule is C#CC#COCN1C(=O)N(COC#CC#C)C2C1N(C)C(=O)N2C.C=O.C=O.COCN(COC)c1nc(N(C)C)nc(N(COC)COC)n1.COCN1CN(C)CN(COC)C1=O.COCNc1nc(NCOC)nc(NCOC)n1. The van der Waals surface area contributed by atoms with E-state index in [1.165, 1.54) is 19.6 Å². The standard InChI is InChI=1S/C16H14N4O4.C13H26N6O4.C9H18N6O3.C8H17N3O3.2CH2O/c1-5-7-9-23-11-19-13-14(18(4)15(21)17(13)3)20(16(19)22)12-24-10-8-6-2;1-17(2)11-14-12(18(7-20-3)8-21-4)16-13(15-11)19(9-22-5)10-23-6;1-16-4-10-7-13-8(11-5-17-2)15-9(14-7)12-6-18-3;1-9-4-10(6-13-2)8(12)11(5-9)7-14-3;2*1-2/h1-2,13-14H,11-12H2,3-4H3;7-10H2,1-6H3;4-6H2,1-3H3,(H3,10,11,12,13,14,15);4-7H2,1-3H3;2*1H2. The molecule has 3 aliphatic rings. The van der Waals surface area contributed by atoms with Gasteiger partial charge in [0.2, 0.25) is 35.7 Å². The van der Waals surface area contributed by atoms with Crippen LogP contribution in [0.3, 0.4) is 0 Å². The molecule has 2 aromatic heterocycles. The Hall–Kier alpha value is -8.59. The molecule has 5 rings (SSSR count). The molecule has 3 fully saturated rings. The van der Waals surface area contributed by atoms with Crippen LogP contribution in [0, 0.1) is 48.7 Å². The largest absolute Gasteiger partial charge is 0.424 e. The summed E-state index contributed by atoms with van der Waals surface area (Å²) >= 11 is 0. The number of hydrogen-bond acceptors (Lipinski definition) is 29. The number of rotatable bonds is 28. The molecule has 5 heterocycles. The third-order valence-electron chi connectivity index (χ3n) is 9.99. The molecule has 0 spiro atoms. The maximum Gasteiger partial charge on any atom is 0.329 e. The van der Waals surface area contributed by atoms with E-state index in [1.807, 2.05) is 39.6 Å². The summed E-state index contributed by atoms with van der Waals surface area (Å²) in [5.41, 5.74) is 0. The van der Waals surface area contributed by atoms with Crippen LogP contribution in [-0.4, -0.2) is 295 Å². The molecule has 2 aromatic rings. The van der Waals surface area contributed by atoms with Crippen molar-refractivity contribution in [1.29, 1.82) is 0 Å². The Morgan fingerprint density at radius 1 is 0.494 bits per heavy atom. The number of carbonyl (C=O) groups is 5. The van der Waals surface area contributed by atoms with E-state index in [-0.39, 0.29) is 31.6 Å². The van der Waals surface area contributed by atoms with Crippen molar-refractivity contribution in [3.05, 3.63) is 0 Å². The molecular weight excluding hydrogens is 1100 g/mol. The van der Waals surface area contributed by atoms with E-state index >= 15 is 0 Å². The number of aromatic nitrogens is 6. The van der Waals surface area contributed by atoms with Gasteiger partial charge in [0.1, 0.15) is 86.4 Å². The number of carbonyl (C=O) groups excluding carboxylic acids is 5. The zero-order valence-electron chi connectivity index (χ0n) is 49.6. The highest BCUT2D eigenvalue weighted by Gasteiger charge is 2.57. The highest BCUT2D eigenvalue weighted by molar-refractivity contribution is 5.84. The van der Waals surface area contributed by atoms with Gasteiger partial charge in [-0.15, -0.1) is 12.8 Å². The van der Waals surface area contributed by atoms with E-state index < -0.39 is 12.3 Å². The summed E-state index contributed by atoms with van der Waals surface area (Å²) in [7, 11) is 23.1. The van der Waals surface area contributed by atoms with Gasteiger partial charge in [-0.2, -0.15) is 29.9 Å². The Morgan fingerprint density at radius 3 is 1.12 bits per heavy atom. The first-order valence-corrected chi connectivity index (χ1v) is 23.9. The number of nitrogens with zero attached hydrogens (tertiary/aromatic N) is 16. The lowest BCUT2D eigenvalue weighted by Gasteiger charge is -2.39.